The number of aromatic nitrogens is 1. The average molecular weight is 367 g/mol. The first-order valence-corrected chi connectivity index (χ1v) is 8.61. The number of nitrogens with zero attached hydrogens (tertiary/aromatic N) is 2. The Morgan fingerprint density at radius 3 is 2.62 bits per heavy atom. The van der Waals surface area contributed by atoms with E-state index in [-0.39, 0.29) is 11.5 Å². The van der Waals surface area contributed by atoms with Crippen molar-refractivity contribution in [1.29, 1.82) is 0 Å². The summed E-state index contributed by atoms with van der Waals surface area (Å²) in [4.78, 5) is 27.2. The first kappa shape index (κ1) is 17.6. The molecule has 2 aromatic carbocycles. The average Bonchev–Trinajstić information content (AvgIpc) is 3.04. The SMILES string of the molecule is C[C@H](Nc1nc2ccccc2s1)C(=O)N/N=C\c1ccc(C(=O)[O-])cc1. The lowest BCUT2D eigenvalue weighted by atomic mass is 10.1. The zero-order valence-electron chi connectivity index (χ0n) is 13.8. The standard InChI is InChI=1S/C18H16N4O3S/c1-11(20-18-21-14-4-2-3-5-15(14)26-18)16(23)22-19-10-12-6-8-13(9-7-12)17(24)25/h2-11H,1H3,(H,20,21)(H,22,23)(H,24,25)/p-1/b19-10-/t11-/m0/s1. The van der Waals surface area contributed by atoms with Crippen molar-refractivity contribution in [2.75, 3.05) is 5.32 Å². The maximum Gasteiger partial charge on any atom is 0.262 e. The minimum absolute atomic E-state index is 0.0832. The second-order valence-corrected chi connectivity index (χ2v) is 6.53. The lowest BCUT2D eigenvalue weighted by Gasteiger charge is -2.10. The largest absolute Gasteiger partial charge is 0.545 e. The van der Waals surface area contributed by atoms with Crippen LogP contribution in [0.25, 0.3) is 10.2 Å². The number of carbonyl (C=O) groups excluding carboxylic acids is 2. The molecule has 3 rings (SSSR count). The quantitative estimate of drug-likeness (QED) is 0.508. The fourth-order valence-corrected chi connectivity index (χ4v) is 3.11. The van der Waals surface area contributed by atoms with E-state index in [1.165, 1.54) is 29.7 Å². The van der Waals surface area contributed by atoms with Gasteiger partial charge in [0.25, 0.3) is 5.91 Å². The first-order chi connectivity index (χ1) is 12.5. The summed E-state index contributed by atoms with van der Waals surface area (Å²) >= 11 is 1.47. The Morgan fingerprint density at radius 1 is 1.19 bits per heavy atom. The molecule has 7 nitrogen and oxygen atoms in total. The zero-order valence-corrected chi connectivity index (χ0v) is 14.6. The number of carbonyl (C=O) groups is 2. The predicted molar refractivity (Wildman–Crippen MR) is 99.2 cm³/mol. The molecule has 1 atom stereocenters. The van der Waals surface area contributed by atoms with Gasteiger partial charge in [-0.3, -0.25) is 4.79 Å². The van der Waals surface area contributed by atoms with Crippen LogP contribution in [0.1, 0.15) is 22.8 Å². The van der Waals surface area contributed by atoms with Gasteiger partial charge in [0, 0.05) is 0 Å². The van der Waals surface area contributed by atoms with Crippen LogP contribution in [0.3, 0.4) is 0 Å². The number of fused-ring (bicyclic) bond motifs is 1. The van der Waals surface area contributed by atoms with Crippen molar-refractivity contribution < 1.29 is 14.7 Å². The molecule has 1 aromatic heterocycles. The second kappa shape index (κ2) is 7.75. The summed E-state index contributed by atoms with van der Waals surface area (Å²) in [6, 6.07) is 13.2. The third-order valence-corrected chi connectivity index (χ3v) is 4.53. The Bertz CT molecular complexity index is 933. The normalized spacial score (nSPS) is 12.2. The Hall–Kier alpha value is -3.26. The molecule has 0 saturated heterocycles. The molecule has 0 spiro atoms. The number of carboxylic acids is 1. The Morgan fingerprint density at radius 2 is 1.92 bits per heavy atom. The Balaban J connectivity index is 1.55. The number of para-hydroxylation sites is 1. The number of hydrogen-bond acceptors (Lipinski definition) is 7. The van der Waals surface area contributed by atoms with Gasteiger partial charge < -0.3 is 15.2 Å². The smallest absolute Gasteiger partial charge is 0.262 e. The molecule has 1 amide bonds. The number of hydrazone groups is 1. The third-order valence-electron chi connectivity index (χ3n) is 3.56. The summed E-state index contributed by atoms with van der Waals surface area (Å²) < 4.78 is 1.04. The van der Waals surface area contributed by atoms with E-state index in [1.807, 2.05) is 24.3 Å². The number of benzene rings is 2. The van der Waals surface area contributed by atoms with E-state index in [0.29, 0.717) is 10.7 Å². The van der Waals surface area contributed by atoms with Crippen molar-refractivity contribution in [1.82, 2.24) is 10.4 Å². The summed E-state index contributed by atoms with van der Waals surface area (Å²) in [5, 5.41) is 18.3. The lowest BCUT2D eigenvalue weighted by Crippen LogP contribution is -2.34. The predicted octanol–water partition coefficient (Wildman–Crippen LogP) is 1.61. The molecule has 0 saturated carbocycles. The molecule has 0 fully saturated rings. The molecule has 0 aliphatic carbocycles. The maximum absolute atomic E-state index is 12.1. The highest BCUT2D eigenvalue weighted by Gasteiger charge is 2.14. The molecule has 0 aliphatic rings. The molecular weight excluding hydrogens is 352 g/mol. The summed E-state index contributed by atoms with van der Waals surface area (Å²) in [6.07, 6.45) is 1.43. The summed E-state index contributed by atoms with van der Waals surface area (Å²) in [5.74, 6) is -1.55. The number of carboxylic acid groups (broad SMARTS) is 1. The van der Waals surface area contributed by atoms with Crippen LogP contribution in [0.4, 0.5) is 5.13 Å². The minimum atomic E-state index is -1.24. The van der Waals surface area contributed by atoms with Gasteiger partial charge in [0.05, 0.1) is 22.4 Å². The molecular formula is C18H15N4O3S-. The maximum atomic E-state index is 12.1. The van der Waals surface area contributed by atoms with Crippen molar-refractivity contribution in [2.45, 2.75) is 13.0 Å². The Labute approximate surface area is 153 Å². The molecule has 1 heterocycles. The van der Waals surface area contributed by atoms with Crippen LogP contribution in [0.15, 0.2) is 53.6 Å². The zero-order chi connectivity index (χ0) is 18.5. The monoisotopic (exact) mass is 367 g/mol. The van der Waals surface area contributed by atoms with Crippen LogP contribution < -0.4 is 15.8 Å². The van der Waals surface area contributed by atoms with E-state index in [1.54, 1.807) is 19.1 Å². The molecule has 0 bridgehead atoms. The van der Waals surface area contributed by atoms with Crippen LogP contribution in [-0.4, -0.2) is 29.1 Å². The minimum Gasteiger partial charge on any atom is -0.545 e. The third kappa shape index (κ3) is 4.22. The molecule has 8 heteroatoms. The number of aromatic carboxylic acids is 1. The highest BCUT2D eigenvalue weighted by atomic mass is 32.1. The van der Waals surface area contributed by atoms with Crippen LogP contribution in [0.2, 0.25) is 0 Å². The van der Waals surface area contributed by atoms with Gasteiger partial charge in [-0.25, -0.2) is 10.4 Å². The van der Waals surface area contributed by atoms with Gasteiger partial charge in [-0.05, 0) is 30.2 Å². The van der Waals surface area contributed by atoms with Gasteiger partial charge in [-0.2, -0.15) is 5.10 Å². The van der Waals surface area contributed by atoms with E-state index in [0.717, 1.165) is 10.2 Å². The fourth-order valence-electron chi connectivity index (χ4n) is 2.16. The number of nitrogens with one attached hydrogen (secondary N) is 2. The highest BCUT2D eigenvalue weighted by molar-refractivity contribution is 7.22. The van der Waals surface area contributed by atoms with Crippen LogP contribution in [0.5, 0.6) is 0 Å². The first-order valence-electron chi connectivity index (χ1n) is 7.79. The number of hydrogen-bond donors (Lipinski definition) is 2. The summed E-state index contributed by atoms with van der Waals surface area (Å²) in [6.45, 7) is 1.71. The van der Waals surface area contributed by atoms with Crippen molar-refractivity contribution in [2.24, 2.45) is 5.10 Å². The molecule has 3 aromatic rings. The topological polar surface area (TPSA) is 107 Å². The molecule has 26 heavy (non-hydrogen) atoms. The Kier molecular flexibility index (Phi) is 5.23. The van der Waals surface area contributed by atoms with Crippen molar-refractivity contribution in [3.05, 3.63) is 59.7 Å². The number of amides is 1. The van der Waals surface area contributed by atoms with Crippen LogP contribution in [0, 0.1) is 0 Å². The van der Waals surface area contributed by atoms with Crippen LogP contribution >= 0.6 is 11.3 Å². The lowest BCUT2D eigenvalue weighted by molar-refractivity contribution is -0.255. The molecule has 0 unspecified atom stereocenters. The second-order valence-electron chi connectivity index (χ2n) is 5.50. The number of anilines is 1. The van der Waals surface area contributed by atoms with Gasteiger partial charge in [0.1, 0.15) is 6.04 Å². The number of thiazole rings is 1. The van der Waals surface area contributed by atoms with E-state index >= 15 is 0 Å². The number of rotatable bonds is 6. The van der Waals surface area contributed by atoms with E-state index < -0.39 is 12.0 Å². The van der Waals surface area contributed by atoms with E-state index in [4.69, 9.17) is 0 Å². The van der Waals surface area contributed by atoms with Gasteiger partial charge in [-0.1, -0.05) is 47.7 Å². The van der Waals surface area contributed by atoms with Gasteiger partial charge in [0.15, 0.2) is 5.13 Å². The van der Waals surface area contributed by atoms with E-state index in [2.05, 4.69) is 20.8 Å². The summed E-state index contributed by atoms with van der Waals surface area (Å²) in [5.41, 5.74) is 4.06. The van der Waals surface area contributed by atoms with Gasteiger partial charge in [-0.15, -0.1) is 0 Å². The molecule has 132 valence electrons. The highest BCUT2D eigenvalue weighted by Crippen LogP contribution is 2.25. The van der Waals surface area contributed by atoms with Crippen molar-refractivity contribution in [3.63, 3.8) is 0 Å². The van der Waals surface area contributed by atoms with Crippen molar-refractivity contribution in [3.8, 4) is 0 Å². The van der Waals surface area contributed by atoms with Gasteiger partial charge >= 0.3 is 0 Å². The van der Waals surface area contributed by atoms with E-state index in [9.17, 15) is 14.7 Å². The summed E-state index contributed by atoms with van der Waals surface area (Å²) in [7, 11) is 0. The molecule has 0 radical (unpaired) electrons. The molecule has 0 aliphatic heterocycles. The van der Waals surface area contributed by atoms with Crippen LogP contribution in [-0.2, 0) is 4.79 Å². The fraction of sp³-hybridized carbons (Fsp3) is 0.111. The van der Waals surface area contributed by atoms with Crippen molar-refractivity contribution >= 4 is 44.8 Å². The molecule has 2 N–H and O–H groups in total. The van der Waals surface area contributed by atoms with Gasteiger partial charge in [0.2, 0.25) is 0 Å².